The number of rotatable bonds is 6. The van der Waals surface area contributed by atoms with Gasteiger partial charge in [-0.15, -0.1) is 0 Å². The van der Waals surface area contributed by atoms with E-state index in [1.165, 1.54) is 18.2 Å². The summed E-state index contributed by atoms with van der Waals surface area (Å²) in [7, 11) is 0. The van der Waals surface area contributed by atoms with E-state index in [2.05, 4.69) is 10.6 Å². The van der Waals surface area contributed by atoms with Crippen LogP contribution in [0.1, 0.15) is 6.42 Å². The van der Waals surface area contributed by atoms with Crippen molar-refractivity contribution in [3.05, 3.63) is 64.2 Å². The Labute approximate surface area is 130 Å². The lowest BCUT2D eigenvalue weighted by Gasteiger charge is -2.08. The van der Waals surface area contributed by atoms with Crippen molar-refractivity contribution in [2.45, 2.75) is 6.42 Å². The molecule has 2 aromatic rings. The molecule has 0 heterocycles. The van der Waals surface area contributed by atoms with E-state index in [0.717, 1.165) is 12.1 Å². The summed E-state index contributed by atoms with van der Waals surface area (Å²) in [5.41, 5.74) is 0.353. The van der Waals surface area contributed by atoms with Gasteiger partial charge in [0.2, 0.25) is 5.91 Å². The molecule has 2 rings (SSSR count). The number of nitro benzene ring substituents is 1. The van der Waals surface area contributed by atoms with E-state index in [9.17, 15) is 23.7 Å². The summed E-state index contributed by atoms with van der Waals surface area (Å²) in [5.74, 6) is -2.48. The summed E-state index contributed by atoms with van der Waals surface area (Å²) in [5, 5.41) is 16.0. The number of hydrogen-bond acceptors (Lipinski definition) is 4. The molecule has 2 aromatic carbocycles. The van der Waals surface area contributed by atoms with Gasteiger partial charge in [0.15, 0.2) is 11.6 Å². The van der Waals surface area contributed by atoms with Crippen LogP contribution in [0.4, 0.5) is 25.8 Å². The molecule has 0 fully saturated rings. The van der Waals surface area contributed by atoms with Gasteiger partial charge in [-0.25, -0.2) is 8.78 Å². The summed E-state index contributed by atoms with van der Waals surface area (Å²) in [4.78, 5) is 22.0. The summed E-state index contributed by atoms with van der Waals surface area (Å²) in [6.07, 6.45) is 0.00500. The minimum atomic E-state index is -1.05. The molecule has 23 heavy (non-hydrogen) atoms. The van der Waals surface area contributed by atoms with Crippen LogP contribution in [0.5, 0.6) is 0 Å². The van der Waals surface area contributed by atoms with E-state index >= 15 is 0 Å². The van der Waals surface area contributed by atoms with Crippen LogP contribution >= 0.6 is 0 Å². The third-order valence-electron chi connectivity index (χ3n) is 2.97. The molecule has 0 aliphatic carbocycles. The number of para-hydroxylation sites is 2. The van der Waals surface area contributed by atoms with Gasteiger partial charge in [-0.3, -0.25) is 14.9 Å². The maximum Gasteiger partial charge on any atom is 0.292 e. The number of halogens is 2. The van der Waals surface area contributed by atoms with Crippen molar-refractivity contribution in [1.29, 1.82) is 0 Å². The molecule has 0 saturated heterocycles. The van der Waals surface area contributed by atoms with Crippen molar-refractivity contribution >= 4 is 23.0 Å². The Kier molecular flexibility index (Phi) is 5.19. The quantitative estimate of drug-likeness (QED) is 0.631. The van der Waals surface area contributed by atoms with Crippen LogP contribution in [-0.2, 0) is 4.79 Å². The fourth-order valence-corrected chi connectivity index (χ4v) is 1.89. The molecule has 0 bridgehead atoms. The molecule has 0 aliphatic rings. The Bertz CT molecular complexity index is 738. The molecule has 6 nitrogen and oxygen atoms in total. The van der Waals surface area contributed by atoms with Crippen LogP contribution < -0.4 is 10.6 Å². The monoisotopic (exact) mass is 321 g/mol. The third kappa shape index (κ3) is 4.47. The number of hydrogen-bond donors (Lipinski definition) is 2. The predicted molar refractivity (Wildman–Crippen MR) is 81.2 cm³/mol. The second-order valence-electron chi connectivity index (χ2n) is 4.63. The first-order valence-electron chi connectivity index (χ1n) is 6.69. The van der Waals surface area contributed by atoms with Crippen molar-refractivity contribution < 1.29 is 18.5 Å². The smallest absolute Gasteiger partial charge is 0.292 e. The van der Waals surface area contributed by atoms with Gasteiger partial charge in [-0.2, -0.15) is 0 Å². The fourth-order valence-electron chi connectivity index (χ4n) is 1.89. The van der Waals surface area contributed by atoms with Crippen molar-refractivity contribution in [1.82, 2.24) is 0 Å². The van der Waals surface area contributed by atoms with Gasteiger partial charge < -0.3 is 10.6 Å². The second kappa shape index (κ2) is 7.30. The molecule has 0 atom stereocenters. The van der Waals surface area contributed by atoms with Gasteiger partial charge in [-0.05, 0) is 18.2 Å². The summed E-state index contributed by atoms with van der Waals surface area (Å²) < 4.78 is 25.8. The van der Waals surface area contributed by atoms with Crippen molar-refractivity contribution in [2.24, 2.45) is 0 Å². The zero-order valence-corrected chi connectivity index (χ0v) is 11.9. The Hall–Kier alpha value is -3.03. The topological polar surface area (TPSA) is 84.3 Å². The number of benzene rings is 2. The molecule has 0 aromatic heterocycles. The Balaban J connectivity index is 1.88. The van der Waals surface area contributed by atoms with E-state index in [1.54, 1.807) is 12.1 Å². The first-order chi connectivity index (χ1) is 11.0. The number of carbonyl (C=O) groups is 1. The first-order valence-corrected chi connectivity index (χ1v) is 6.69. The SMILES string of the molecule is O=C(CCNc1ccccc1[N+](=O)[O-])Nc1ccc(F)c(F)c1. The number of nitrogens with one attached hydrogen (secondary N) is 2. The molecule has 0 saturated carbocycles. The zero-order valence-electron chi connectivity index (χ0n) is 11.9. The number of anilines is 2. The number of carbonyl (C=O) groups excluding carboxylic acids is 1. The summed E-state index contributed by atoms with van der Waals surface area (Å²) >= 11 is 0. The van der Waals surface area contributed by atoms with E-state index in [1.807, 2.05) is 0 Å². The van der Waals surface area contributed by atoms with E-state index in [0.29, 0.717) is 5.69 Å². The van der Waals surface area contributed by atoms with E-state index < -0.39 is 22.5 Å². The standard InChI is InChI=1S/C15H13F2N3O3/c16-11-6-5-10(9-12(11)17)19-15(21)7-8-18-13-3-1-2-4-14(13)20(22)23/h1-6,9,18H,7-8H2,(H,19,21). The summed E-state index contributed by atoms with van der Waals surface area (Å²) in [6, 6.07) is 9.09. The molecule has 2 N–H and O–H groups in total. The van der Waals surface area contributed by atoms with E-state index in [4.69, 9.17) is 0 Å². The Morgan fingerprint density at radius 2 is 1.87 bits per heavy atom. The van der Waals surface area contributed by atoms with Crippen LogP contribution in [0.15, 0.2) is 42.5 Å². The minimum Gasteiger partial charge on any atom is -0.379 e. The highest BCUT2D eigenvalue weighted by molar-refractivity contribution is 5.91. The molecule has 0 unspecified atom stereocenters. The zero-order chi connectivity index (χ0) is 16.8. The lowest BCUT2D eigenvalue weighted by molar-refractivity contribution is -0.384. The number of nitro groups is 1. The average Bonchev–Trinajstić information content (AvgIpc) is 2.51. The van der Waals surface area contributed by atoms with Crippen LogP contribution in [-0.4, -0.2) is 17.4 Å². The molecular formula is C15H13F2N3O3. The molecule has 0 aliphatic heterocycles. The summed E-state index contributed by atoms with van der Waals surface area (Å²) in [6.45, 7) is 0.153. The van der Waals surface area contributed by atoms with Gasteiger partial charge in [-0.1, -0.05) is 12.1 Å². The molecule has 8 heteroatoms. The normalized spacial score (nSPS) is 10.2. The Morgan fingerprint density at radius 3 is 2.57 bits per heavy atom. The molecule has 1 amide bonds. The number of amides is 1. The minimum absolute atomic E-state index is 0.00500. The van der Waals surface area contributed by atoms with Gasteiger partial charge in [0.1, 0.15) is 5.69 Å². The van der Waals surface area contributed by atoms with Crippen LogP contribution in [0.25, 0.3) is 0 Å². The van der Waals surface area contributed by atoms with Gasteiger partial charge in [0, 0.05) is 30.8 Å². The van der Waals surface area contributed by atoms with Gasteiger partial charge in [0.05, 0.1) is 4.92 Å². The van der Waals surface area contributed by atoms with Crippen LogP contribution in [0, 0.1) is 21.7 Å². The fraction of sp³-hybridized carbons (Fsp3) is 0.133. The largest absolute Gasteiger partial charge is 0.379 e. The maximum absolute atomic E-state index is 13.0. The van der Waals surface area contributed by atoms with Crippen molar-refractivity contribution in [2.75, 3.05) is 17.2 Å². The van der Waals surface area contributed by atoms with Gasteiger partial charge >= 0.3 is 0 Å². The first kappa shape index (κ1) is 16.3. The highest BCUT2D eigenvalue weighted by Gasteiger charge is 2.12. The van der Waals surface area contributed by atoms with Crippen molar-refractivity contribution in [3.8, 4) is 0 Å². The predicted octanol–water partition coefficient (Wildman–Crippen LogP) is 3.31. The Morgan fingerprint density at radius 1 is 1.13 bits per heavy atom. The lowest BCUT2D eigenvalue weighted by Crippen LogP contribution is -2.16. The number of nitrogens with zero attached hydrogens (tertiary/aromatic N) is 1. The molecule has 0 radical (unpaired) electrons. The maximum atomic E-state index is 13.0. The van der Waals surface area contributed by atoms with Gasteiger partial charge in [0.25, 0.3) is 5.69 Å². The molecular weight excluding hydrogens is 308 g/mol. The second-order valence-corrected chi connectivity index (χ2v) is 4.63. The van der Waals surface area contributed by atoms with E-state index in [-0.39, 0.29) is 24.3 Å². The third-order valence-corrected chi connectivity index (χ3v) is 2.97. The van der Waals surface area contributed by atoms with Crippen molar-refractivity contribution in [3.63, 3.8) is 0 Å². The van der Waals surface area contributed by atoms with Crippen LogP contribution in [0.3, 0.4) is 0 Å². The molecule has 120 valence electrons. The highest BCUT2D eigenvalue weighted by Crippen LogP contribution is 2.23. The highest BCUT2D eigenvalue weighted by atomic mass is 19.2. The van der Waals surface area contributed by atoms with Crippen LogP contribution in [0.2, 0.25) is 0 Å². The average molecular weight is 321 g/mol. The lowest BCUT2D eigenvalue weighted by atomic mass is 10.2. The molecule has 0 spiro atoms.